The first-order valence-electron chi connectivity index (χ1n) is 6.28. The van der Waals surface area contributed by atoms with Crippen molar-refractivity contribution in [3.63, 3.8) is 0 Å². The van der Waals surface area contributed by atoms with Gasteiger partial charge in [-0.05, 0) is 32.6 Å². The molecule has 0 spiro atoms. The van der Waals surface area contributed by atoms with Crippen LogP contribution in [0.4, 0.5) is 0 Å². The minimum Gasteiger partial charge on any atom is -0.388 e. The van der Waals surface area contributed by atoms with Crippen molar-refractivity contribution in [2.45, 2.75) is 58.7 Å². The Morgan fingerprint density at radius 1 is 1.41 bits per heavy atom. The van der Waals surface area contributed by atoms with E-state index in [1.807, 2.05) is 6.92 Å². The Hall–Kier alpha value is -0.610. The molecule has 0 heterocycles. The number of hydrogen-bond donors (Lipinski definition) is 2. The van der Waals surface area contributed by atoms with Crippen LogP contribution in [0.5, 0.6) is 0 Å². The Labute approximate surface area is 105 Å². The summed E-state index contributed by atoms with van der Waals surface area (Å²) >= 11 is 0. The summed E-state index contributed by atoms with van der Waals surface area (Å²) in [5.74, 6) is 0.383. The van der Waals surface area contributed by atoms with Crippen LogP contribution in [0.1, 0.15) is 47.0 Å². The number of carbonyl (C=O) groups excluding carboxylic acids is 1. The molecule has 4 heteroatoms. The number of aliphatic hydroxyl groups is 1. The zero-order valence-electron chi connectivity index (χ0n) is 11.7. The number of nitrogens with one attached hydrogen (secondary N) is 1. The molecule has 0 radical (unpaired) electrons. The lowest BCUT2D eigenvalue weighted by Crippen LogP contribution is -2.41. The maximum Gasteiger partial charge on any atom is 0.220 e. The van der Waals surface area contributed by atoms with E-state index in [-0.39, 0.29) is 12.0 Å². The van der Waals surface area contributed by atoms with Crippen molar-refractivity contribution in [2.24, 2.45) is 5.92 Å². The molecule has 1 amide bonds. The minimum atomic E-state index is -0.823. The van der Waals surface area contributed by atoms with Crippen molar-refractivity contribution >= 4 is 5.91 Å². The van der Waals surface area contributed by atoms with E-state index in [9.17, 15) is 9.90 Å². The van der Waals surface area contributed by atoms with Gasteiger partial charge >= 0.3 is 0 Å². The molecule has 0 aromatic carbocycles. The first-order valence-corrected chi connectivity index (χ1v) is 6.28. The lowest BCUT2D eigenvalue weighted by Gasteiger charge is -2.25. The number of amides is 1. The second-order valence-electron chi connectivity index (χ2n) is 5.46. The first-order chi connectivity index (χ1) is 7.76. The van der Waals surface area contributed by atoms with E-state index in [1.54, 1.807) is 14.0 Å². The van der Waals surface area contributed by atoms with Crippen LogP contribution in [-0.2, 0) is 9.53 Å². The molecule has 102 valence electrons. The molecule has 0 aliphatic rings. The van der Waals surface area contributed by atoms with E-state index in [0.29, 0.717) is 31.7 Å². The Morgan fingerprint density at radius 3 is 2.47 bits per heavy atom. The van der Waals surface area contributed by atoms with Gasteiger partial charge in [0.2, 0.25) is 5.91 Å². The molecule has 0 saturated carbocycles. The van der Waals surface area contributed by atoms with E-state index in [0.717, 1.165) is 0 Å². The van der Waals surface area contributed by atoms with Crippen LogP contribution in [0.25, 0.3) is 0 Å². The molecule has 0 rings (SSSR count). The van der Waals surface area contributed by atoms with Crippen LogP contribution >= 0.6 is 0 Å². The third-order valence-corrected chi connectivity index (χ3v) is 2.69. The summed E-state index contributed by atoms with van der Waals surface area (Å²) in [6, 6.07) is 0. The highest BCUT2D eigenvalue weighted by Crippen LogP contribution is 2.15. The predicted molar refractivity (Wildman–Crippen MR) is 68.8 cm³/mol. The van der Waals surface area contributed by atoms with Crippen molar-refractivity contribution in [3.05, 3.63) is 0 Å². The van der Waals surface area contributed by atoms with Gasteiger partial charge in [-0.2, -0.15) is 0 Å². The van der Waals surface area contributed by atoms with Gasteiger partial charge in [0.15, 0.2) is 0 Å². The summed E-state index contributed by atoms with van der Waals surface area (Å²) < 4.78 is 5.07. The minimum absolute atomic E-state index is 0.0297. The molecule has 0 bridgehead atoms. The summed E-state index contributed by atoms with van der Waals surface area (Å²) in [5.41, 5.74) is -0.823. The molecule has 17 heavy (non-hydrogen) atoms. The normalized spacial score (nSPS) is 16.6. The van der Waals surface area contributed by atoms with Gasteiger partial charge in [0, 0.05) is 20.1 Å². The van der Waals surface area contributed by atoms with Crippen molar-refractivity contribution in [1.29, 1.82) is 0 Å². The molecule has 0 fully saturated rings. The topological polar surface area (TPSA) is 58.6 Å². The van der Waals surface area contributed by atoms with Crippen molar-refractivity contribution < 1.29 is 14.6 Å². The highest BCUT2D eigenvalue weighted by atomic mass is 16.5. The van der Waals surface area contributed by atoms with Gasteiger partial charge < -0.3 is 15.2 Å². The second-order valence-corrected chi connectivity index (χ2v) is 5.46. The fourth-order valence-corrected chi connectivity index (χ4v) is 1.78. The molecule has 0 aromatic rings. The molecule has 2 atom stereocenters. The van der Waals surface area contributed by atoms with E-state index >= 15 is 0 Å². The van der Waals surface area contributed by atoms with Crippen LogP contribution in [0.15, 0.2) is 0 Å². The van der Waals surface area contributed by atoms with E-state index < -0.39 is 5.60 Å². The lowest BCUT2D eigenvalue weighted by molar-refractivity contribution is -0.123. The molecule has 2 N–H and O–H groups in total. The zero-order valence-corrected chi connectivity index (χ0v) is 11.7. The fraction of sp³-hybridized carbons (Fsp3) is 0.923. The van der Waals surface area contributed by atoms with Crippen LogP contribution in [0, 0.1) is 5.92 Å². The third-order valence-electron chi connectivity index (χ3n) is 2.69. The second kappa shape index (κ2) is 7.67. The lowest BCUT2D eigenvalue weighted by atomic mass is 9.94. The SMILES string of the molecule is COC(C)CCC(=O)NCC(C)(O)CC(C)C. The number of rotatable bonds is 8. The Bertz CT molecular complexity index is 227. The number of hydrogen-bond acceptors (Lipinski definition) is 3. The maximum absolute atomic E-state index is 11.5. The summed E-state index contributed by atoms with van der Waals surface area (Å²) in [7, 11) is 1.63. The maximum atomic E-state index is 11.5. The van der Waals surface area contributed by atoms with Gasteiger partial charge in [-0.25, -0.2) is 0 Å². The molecular formula is C13H27NO3. The fourth-order valence-electron chi connectivity index (χ4n) is 1.78. The number of ether oxygens (including phenoxy) is 1. The number of methoxy groups -OCH3 is 1. The standard InChI is InChI=1S/C13H27NO3/c1-10(2)8-13(4,16)9-14-12(15)7-6-11(3)17-5/h10-11,16H,6-9H2,1-5H3,(H,14,15). The average Bonchev–Trinajstić information content (AvgIpc) is 2.21. The Balaban J connectivity index is 3.83. The van der Waals surface area contributed by atoms with Gasteiger partial charge in [-0.1, -0.05) is 13.8 Å². The quantitative estimate of drug-likeness (QED) is 0.684. The van der Waals surface area contributed by atoms with Gasteiger partial charge in [0.25, 0.3) is 0 Å². The van der Waals surface area contributed by atoms with E-state index in [1.165, 1.54) is 0 Å². The predicted octanol–water partition coefficient (Wildman–Crippen LogP) is 1.71. The highest BCUT2D eigenvalue weighted by Gasteiger charge is 2.22. The van der Waals surface area contributed by atoms with Gasteiger partial charge in [0.05, 0.1) is 11.7 Å². The molecule has 0 aliphatic heterocycles. The molecule has 2 unspecified atom stereocenters. The van der Waals surface area contributed by atoms with E-state index in [4.69, 9.17) is 4.74 Å². The smallest absolute Gasteiger partial charge is 0.220 e. The number of carbonyl (C=O) groups is 1. The summed E-state index contributed by atoms with van der Waals surface area (Å²) in [6.07, 6.45) is 1.92. The van der Waals surface area contributed by atoms with Gasteiger partial charge in [0.1, 0.15) is 0 Å². The molecule has 0 saturated heterocycles. The van der Waals surface area contributed by atoms with Gasteiger partial charge in [-0.3, -0.25) is 4.79 Å². The molecule has 4 nitrogen and oxygen atoms in total. The summed E-state index contributed by atoms with van der Waals surface area (Å²) in [5, 5.41) is 12.8. The largest absolute Gasteiger partial charge is 0.388 e. The Kier molecular flexibility index (Phi) is 7.39. The average molecular weight is 245 g/mol. The summed E-state index contributed by atoms with van der Waals surface area (Å²) in [4.78, 5) is 11.5. The molecule has 0 aromatic heterocycles. The zero-order chi connectivity index (χ0) is 13.5. The monoisotopic (exact) mass is 245 g/mol. The van der Waals surface area contributed by atoms with Crippen LogP contribution in [-0.4, -0.2) is 36.4 Å². The molecular weight excluding hydrogens is 218 g/mol. The van der Waals surface area contributed by atoms with Crippen molar-refractivity contribution in [3.8, 4) is 0 Å². The summed E-state index contributed by atoms with van der Waals surface area (Å²) in [6.45, 7) is 8.10. The third kappa shape index (κ3) is 9.12. The van der Waals surface area contributed by atoms with Crippen molar-refractivity contribution in [2.75, 3.05) is 13.7 Å². The Morgan fingerprint density at radius 2 is 2.00 bits per heavy atom. The van der Waals surface area contributed by atoms with Gasteiger partial charge in [-0.15, -0.1) is 0 Å². The van der Waals surface area contributed by atoms with Crippen molar-refractivity contribution in [1.82, 2.24) is 5.32 Å². The van der Waals surface area contributed by atoms with Crippen LogP contribution in [0.2, 0.25) is 0 Å². The van der Waals surface area contributed by atoms with E-state index in [2.05, 4.69) is 19.2 Å². The van der Waals surface area contributed by atoms with Crippen LogP contribution in [0.3, 0.4) is 0 Å². The highest BCUT2D eigenvalue weighted by molar-refractivity contribution is 5.75. The molecule has 0 aliphatic carbocycles. The van der Waals surface area contributed by atoms with Crippen LogP contribution < -0.4 is 5.32 Å². The first kappa shape index (κ1) is 16.4.